The first kappa shape index (κ1) is 32.9. The van der Waals surface area contributed by atoms with Crippen molar-refractivity contribution in [2.45, 2.75) is 148 Å². The van der Waals surface area contributed by atoms with Gasteiger partial charge in [-0.05, 0) is 39.8 Å². The van der Waals surface area contributed by atoms with Crippen molar-refractivity contribution in [1.29, 1.82) is 0 Å². The summed E-state index contributed by atoms with van der Waals surface area (Å²) in [4.78, 5) is 0. The van der Waals surface area contributed by atoms with E-state index < -0.39 is 0 Å². The molecule has 4 heteroatoms. The molecule has 1 rings (SSSR count). The van der Waals surface area contributed by atoms with Gasteiger partial charge in [0.05, 0.1) is 6.84 Å². The van der Waals surface area contributed by atoms with Gasteiger partial charge in [0.2, 0.25) is 0 Å². The van der Waals surface area contributed by atoms with Crippen molar-refractivity contribution in [1.82, 2.24) is 10.6 Å². The maximum atomic E-state index is 3.87. The van der Waals surface area contributed by atoms with Crippen LogP contribution in [0.3, 0.4) is 0 Å². The molecule has 0 saturated heterocycles. The van der Waals surface area contributed by atoms with Crippen LogP contribution >= 0.6 is 45.2 Å². The minimum atomic E-state index is 0.0159. The average molecular weight is 699 g/mol. The van der Waals surface area contributed by atoms with E-state index >= 15 is 0 Å². The molecule has 0 aromatic heterocycles. The molecule has 0 fully saturated rings. The summed E-state index contributed by atoms with van der Waals surface area (Å²) in [5.41, 5.74) is 0.240. The molecule has 2 N–H and O–H groups in total. The fraction of sp³-hybridized carbons (Fsp3) is 0.867. The molecule has 1 aliphatic carbocycles. The quantitative estimate of drug-likeness (QED) is 0.0573. The van der Waals surface area contributed by atoms with Crippen molar-refractivity contribution < 1.29 is 0 Å². The second-order valence-corrected chi connectivity index (χ2v) is 14.3. The Bertz CT molecular complexity index is 539. The Labute approximate surface area is 241 Å². The van der Waals surface area contributed by atoms with E-state index in [-0.39, 0.29) is 17.9 Å². The Morgan fingerprint density at radius 2 is 0.794 bits per heavy atom. The summed E-state index contributed by atoms with van der Waals surface area (Å²) in [6, 6.07) is 0. The summed E-state index contributed by atoms with van der Waals surface area (Å²) >= 11 is 5.54. The highest BCUT2D eigenvalue weighted by Crippen LogP contribution is 2.50. The molecule has 0 heterocycles. The van der Waals surface area contributed by atoms with Crippen molar-refractivity contribution in [3.63, 3.8) is 0 Å². The van der Waals surface area contributed by atoms with Crippen molar-refractivity contribution >= 4 is 45.2 Å². The molecule has 2 atom stereocenters. The van der Waals surface area contributed by atoms with Gasteiger partial charge in [0, 0.05) is 11.1 Å². The fourth-order valence-electron chi connectivity index (χ4n) is 5.80. The van der Waals surface area contributed by atoms with Crippen LogP contribution < -0.4 is 10.6 Å². The molecule has 1 aliphatic rings. The van der Waals surface area contributed by atoms with E-state index in [0.717, 1.165) is 0 Å². The van der Waals surface area contributed by atoms with E-state index in [1.54, 1.807) is 0 Å². The Morgan fingerprint density at radius 1 is 0.500 bits per heavy atom. The molecule has 0 aromatic rings. The molecule has 0 saturated carbocycles. The molecule has 0 aromatic carbocycles. The van der Waals surface area contributed by atoms with E-state index in [2.05, 4.69) is 122 Å². The minimum Gasteiger partial charge on any atom is -0.312 e. The fourth-order valence-corrected chi connectivity index (χ4v) is 8.14. The highest BCUT2D eigenvalue weighted by molar-refractivity contribution is 14.1. The lowest BCUT2D eigenvalue weighted by Crippen LogP contribution is -2.61. The third-order valence-electron chi connectivity index (χ3n) is 8.39. The van der Waals surface area contributed by atoms with Crippen molar-refractivity contribution in [3.05, 3.63) is 24.3 Å². The average Bonchev–Trinajstić information content (AvgIpc) is 2.85. The van der Waals surface area contributed by atoms with Gasteiger partial charge in [-0.25, -0.2) is 0 Å². The summed E-state index contributed by atoms with van der Waals surface area (Å²) in [5.74, 6) is 0. The minimum absolute atomic E-state index is 0.0159. The number of nitrogens with one attached hydrogen (secondary N) is 2. The zero-order chi connectivity index (χ0) is 25.6. The smallest absolute Gasteiger partial charge is 0.0763 e. The Morgan fingerprint density at radius 3 is 1.06 bits per heavy atom. The lowest BCUT2D eigenvalue weighted by Gasteiger charge is -2.51. The van der Waals surface area contributed by atoms with Gasteiger partial charge in [-0.3, -0.25) is 0 Å². The van der Waals surface area contributed by atoms with Crippen LogP contribution in [0.15, 0.2) is 24.3 Å². The molecule has 34 heavy (non-hydrogen) atoms. The van der Waals surface area contributed by atoms with E-state index in [9.17, 15) is 0 Å². The Kier molecular flexibility index (Phi) is 16.1. The van der Waals surface area contributed by atoms with E-state index in [4.69, 9.17) is 0 Å². The summed E-state index contributed by atoms with van der Waals surface area (Å²) in [7, 11) is 4.41. The number of unbranched alkanes of at least 4 members (excludes halogenated alkanes) is 8. The van der Waals surface area contributed by atoms with Gasteiger partial charge in [0.15, 0.2) is 0 Å². The van der Waals surface area contributed by atoms with Crippen molar-refractivity contribution in [2.75, 3.05) is 14.1 Å². The summed E-state index contributed by atoms with van der Waals surface area (Å²) in [5, 5.41) is 7.74. The third-order valence-corrected chi connectivity index (χ3v) is 11.9. The largest absolute Gasteiger partial charge is 0.312 e. The molecule has 200 valence electrons. The molecular formula is C30H56I2N2. The van der Waals surface area contributed by atoms with Crippen LogP contribution in [-0.4, -0.2) is 32.0 Å². The van der Waals surface area contributed by atoms with Gasteiger partial charge in [-0.1, -0.05) is 174 Å². The van der Waals surface area contributed by atoms with Crippen molar-refractivity contribution in [2.24, 2.45) is 0 Å². The highest BCUT2D eigenvalue weighted by atomic mass is 127. The summed E-state index contributed by atoms with van der Waals surface area (Å²) in [6.07, 6.45) is 31.0. The van der Waals surface area contributed by atoms with Crippen LogP contribution in [0.25, 0.3) is 0 Å². The maximum absolute atomic E-state index is 3.87. The Balaban J connectivity index is 3.24. The van der Waals surface area contributed by atoms with E-state index in [1.165, 1.54) is 103 Å². The molecule has 2 unspecified atom stereocenters. The summed E-state index contributed by atoms with van der Waals surface area (Å²) < 4.78 is 0.0318. The van der Waals surface area contributed by atoms with Crippen LogP contribution in [-0.2, 0) is 0 Å². The monoisotopic (exact) mass is 698 g/mol. The third kappa shape index (κ3) is 8.44. The second-order valence-electron chi connectivity index (χ2n) is 10.7. The first-order chi connectivity index (χ1) is 16.3. The molecule has 0 spiro atoms. The normalized spacial score (nSPS) is 25.9. The van der Waals surface area contributed by atoms with Gasteiger partial charge in [0.25, 0.3) is 0 Å². The predicted octanol–water partition coefficient (Wildman–Crippen LogP) is 9.70. The standard InChI is InChI=1S/C30H56I2N2/c1-7-11-15-17-21-29(33-5,19-13-9-3)27(31)23-25-28(32,26-24-27)30(34-6,20-14-10-4)22-18-16-12-8-2/h23-26,33-34H,7-22H2,1-6H3. The van der Waals surface area contributed by atoms with Gasteiger partial charge in [0.1, 0.15) is 0 Å². The van der Waals surface area contributed by atoms with Crippen LogP contribution in [0, 0.1) is 0 Å². The zero-order valence-corrected chi connectivity index (χ0v) is 27.7. The highest BCUT2D eigenvalue weighted by Gasteiger charge is 2.51. The van der Waals surface area contributed by atoms with Crippen LogP contribution in [0.5, 0.6) is 0 Å². The number of rotatable bonds is 20. The first-order valence-electron chi connectivity index (χ1n) is 14.4. The van der Waals surface area contributed by atoms with E-state index in [0.29, 0.717) is 0 Å². The SMILES string of the molecule is CCCCCCC(CCCC)(NC)C1(I)C=CC(I)(C(CCCC)(CCCCCC)NC)C=C1. The van der Waals surface area contributed by atoms with Gasteiger partial charge >= 0.3 is 0 Å². The molecule has 0 aliphatic heterocycles. The number of hydrogen-bond acceptors (Lipinski definition) is 2. The Hall–Kier alpha value is 0.860. The number of halogens is 2. The lowest BCUT2D eigenvalue weighted by atomic mass is 9.69. The molecule has 0 bridgehead atoms. The summed E-state index contributed by atoms with van der Waals surface area (Å²) in [6.45, 7) is 9.27. The van der Waals surface area contributed by atoms with Crippen LogP contribution in [0.4, 0.5) is 0 Å². The maximum Gasteiger partial charge on any atom is 0.0763 e. The van der Waals surface area contributed by atoms with Gasteiger partial charge < -0.3 is 10.6 Å². The second kappa shape index (κ2) is 16.7. The van der Waals surface area contributed by atoms with Crippen LogP contribution in [0.1, 0.15) is 130 Å². The van der Waals surface area contributed by atoms with Gasteiger partial charge in [-0.2, -0.15) is 0 Å². The lowest BCUT2D eigenvalue weighted by molar-refractivity contribution is 0.252. The molecule has 2 nitrogen and oxygen atoms in total. The molecule has 0 radical (unpaired) electrons. The number of hydrogen-bond donors (Lipinski definition) is 2. The number of alkyl halides is 2. The first-order valence-corrected chi connectivity index (χ1v) is 16.6. The van der Waals surface area contributed by atoms with E-state index in [1.807, 2.05) is 0 Å². The molecule has 0 amide bonds. The zero-order valence-electron chi connectivity index (χ0n) is 23.4. The topological polar surface area (TPSA) is 24.1 Å². The van der Waals surface area contributed by atoms with Crippen LogP contribution in [0.2, 0.25) is 0 Å². The van der Waals surface area contributed by atoms with Gasteiger partial charge in [-0.15, -0.1) is 0 Å². The molecular weight excluding hydrogens is 642 g/mol. The van der Waals surface area contributed by atoms with Crippen molar-refractivity contribution in [3.8, 4) is 0 Å². The predicted molar refractivity (Wildman–Crippen MR) is 172 cm³/mol.